The molecule has 1 fully saturated rings. The van der Waals surface area contributed by atoms with E-state index in [1.165, 1.54) is 4.90 Å². The number of pyridine rings is 1. The van der Waals surface area contributed by atoms with Crippen LogP contribution in [-0.4, -0.2) is 53.4 Å². The number of rotatable bonds is 5. The van der Waals surface area contributed by atoms with Crippen molar-refractivity contribution in [2.45, 2.75) is 25.0 Å². The predicted molar refractivity (Wildman–Crippen MR) is 95.5 cm³/mol. The molecule has 2 N–H and O–H groups in total. The highest BCUT2D eigenvalue weighted by Gasteiger charge is 2.32. The molecule has 1 aliphatic heterocycles. The van der Waals surface area contributed by atoms with E-state index in [0.717, 1.165) is 29.8 Å². The molecular formula is C19H23N3O3. The van der Waals surface area contributed by atoms with Gasteiger partial charge in [0.15, 0.2) is 0 Å². The van der Waals surface area contributed by atoms with Crippen LogP contribution in [0.3, 0.4) is 0 Å². The third kappa shape index (κ3) is 4.35. The number of aromatic nitrogens is 1. The van der Waals surface area contributed by atoms with Crippen molar-refractivity contribution in [3.05, 3.63) is 59.9 Å². The lowest BCUT2D eigenvalue weighted by Gasteiger charge is -2.26. The first-order chi connectivity index (χ1) is 12.1. The zero-order valence-electron chi connectivity index (χ0n) is 14.3. The van der Waals surface area contributed by atoms with Gasteiger partial charge in [0, 0.05) is 24.6 Å². The van der Waals surface area contributed by atoms with E-state index >= 15 is 0 Å². The smallest absolute Gasteiger partial charge is 0.322 e. The Morgan fingerprint density at radius 2 is 2.04 bits per heavy atom. The van der Waals surface area contributed by atoms with Crippen molar-refractivity contribution in [2.75, 3.05) is 25.6 Å². The number of aliphatic hydroxyl groups excluding tert-OH is 1. The van der Waals surface area contributed by atoms with Crippen LogP contribution in [-0.2, 0) is 17.6 Å². The van der Waals surface area contributed by atoms with Crippen LogP contribution in [0, 0.1) is 0 Å². The maximum absolute atomic E-state index is 12.5. The molecule has 1 aliphatic rings. The fourth-order valence-corrected chi connectivity index (χ4v) is 2.92. The van der Waals surface area contributed by atoms with Gasteiger partial charge in [-0.25, -0.2) is 4.79 Å². The highest BCUT2D eigenvalue weighted by atomic mass is 16.5. The van der Waals surface area contributed by atoms with E-state index in [4.69, 9.17) is 4.74 Å². The van der Waals surface area contributed by atoms with Crippen molar-refractivity contribution in [3.63, 3.8) is 0 Å². The van der Waals surface area contributed by atoms with E-state index in [0.29, 0.717) is 6.61 Å². The van der Waals surface area contributed by atoms with Crippen LogP contribution < -0.4 is 5.32 Å². The first-order valence-corrected chi connectivity index (χ1v) is 8.42. The number of amides is 2. The van der Waals surface area contributed by atoms with Gasteiger partial charge in [-0.2, -0.15) is 0 Å². The second-order valence-electron chi connectivity index (χ2n) is 6.19. The minimum Gasteiger partial charge on any atom is -0.388 e. The second kappa shape index (κ2) is 8.09. The highest BCUT2D eigenvalue weighted by molar-refractivity contribution is 5.90. The number of nitrogens with zero attached hydrogens (tertiary/aromatic N) is 2. The summed E-state index contributed by atoms with van der Waals surface area (Å²) in [5.74, 6) is 0. The first-order valence-electron chi connectivity index (χ1n) is 8.42. The number of carbonyl (C=O) groups excluding carboxylic acids is 1. The monoisotopic (exact) mass is 341 g/mol. The minimum absolute atomic E-state index is 0.250. The number of hydrogen-bond donors (Lipinski definition) is 2. The SMILES string of the molecule is CN(C(=O)Nc1ccccc1CCc1ccccn1)[C@@H]1COC[C@H]1O. The largest absolute Gasteiger partial charge is 0.388 e. The van der Waals surface area contributed by atoms with Crippen molar-refractivity contribution in [1.29, 1.82) is 0 Å². The molecule has 3 rings (SSSR count). The number of anilines is 1. The summed E-state index contributed by atoms with van der Waals surface area (Å²) in [6, 6.07) is 13.0. The number of aliphatic hydroxyl groups is 1. The predicted octanol–water partition coefficient (Wildman–Crippen LogP) is 2.09. The van der Waals surface area contributed by atoms with Gasteiger partial charge < -0.3 is 20.1 Å². The average molecular weight is 341 g/mol. The summed E-state index contributed by atoms with van der Waals surface area (Å²) in [7, 11) is 1.68. The van der Waals surface area contributed by atoms with Gasteiger partial charge in [0.25, 0.3) is 0 Å². The number of nitrogens with one attached hydrogen (secondary N) is 1. The molecule has 6 nitrogen and oxygen atoms in total. The number of hydrogen-bond acceptors (Lipinski definition) is 4. The molecule has 1 aromatic carbocycles. The average Bonchev–Trinajstić information content (AvgIpc) is 3.07. The van der Waals surface area contributed by atoms with Crippen LogP contribution in [0.2, 0.25) is 0 Å². The van der Waals surface area contributed by atoms with Crippen molar-refractivity contribution in [1.82, 2.24) is 9.88 Å². The zero-order chi connectivity index (χ0) is 17.6. The molecule has 0 saturated carbocycles. The summed E-state index contributed by atoms with van der Waals surface area (Å²) in [5.41, 5.74) is 2.86. The third-order valence-electron chi connectivity index (χ3n) is 4.47. The van der Waals surface area contributed by atoms with Crippen LogP contribution in [0.15, 0.2) is 48.7 Å². The van der Waals surface area contributed by atoms with E-state index in [1.54, 1.807) is 13.2 Å². The van der Waals surface area contributed by atoms with Crippen LogP contribution in [0.5, 0.6) is 0 Å². The molecule has 0 unspecified atom stereocenters. The topological polar surface area (TPSA) is 74.7 Å². The molecule has 1 saturated heterocycles. The molecule has 2 aromatic rings. The molecule has 1 aromatic heterocycles. The van der Waals surface area contributed by atoms with Gasteiger partial charge in [0.2, 0.25) is 0 Å². The Kier molecular flexibility index (Phi) is 5.63. The van der Waals surface area contributed by atoms with Crippen molar-refractivity contribution < 1.29 is 14.6 Å². The highest BCUT2D eigenvalue weighted by Crippen LogP contribution is 2.19. The standard InChI is InChI=1S/C19H23N3O3/c1-22(17-12-25-13-18(17)23)19(24)21-16-8-3-2-6-14(16)9-10-15-7-4-5-11-20-15/h2-8,11,17-18,23H,9-10,12-13H2,1H3,(H,21,24)/t17-,18-/m1/s1. The third-order valence-corrected chi connectivity index (χ3v) is 4.47. The summed E-state index contributed by atoms with van der Waals surface area (Å²) in [5, 5.41) is 12.8. The Bertz CT molecular complexity index is 708. The Morgan fingerprint density at radius 3 is 2.76 bits per heavy atom. The fraction of sp³-hybridized carbons (Fsp3) is 0.368. The van der Waals surface area contributed by atoms with Gasteiger partial charge in [0.05, 0.1) is 25.4 Å². The molecule has 0 bridgehead atoms. The lowest BCUT2D eigenvalue weighted by atomic mass is 10.1. The fourth-order valence-electron chi connectivity index (χ4n) is 2.92. The first kappa shape index (κ1) is 17.4. The number of aryl methyl sites for hydroxylation is 2. The Hall–Kier alpha value is -2.44. The molecular weight excluding hydrogens is 318 g/mol. The second-order valence-corrected chi connectivity index (χ2v) is 6.19. The molecule has 0 spiro atoms. The van der Waals surface area contributed by atoms with Crippen LogP contribution >= 0.6 is 0 Å². The lowest BCUT2D eigenvalue weighted by Crippen LogP contribution is -2.46. The van der Waals surface area contributed by atoms with E-state index in [1.807, 2.05) is 42.5 Å². The number of ether oxygens (including phenoxy) is 1. The molecule has 2 amide bonds. The van der Waals surface area contributed by atoms with Crippen LogP contribution in [0.25, 0.3) is 0 Å². The van der Waals surface area contributed by atoms with Gasteiger partial charge in [-0.05, 0) is 36.6 Å². The number of urea groups is 1. The zero-order valence-corrected chi connectivity index (χ0v) is 14.3. The molecule has 0 radical (unpaired) electrons. The minimum atomic E-state index is -0.643. The van der Waals surface area contributed by atoms with Gasteiger partial charge >= 0.3 is 6.03 Å². The van der Waals surface area contributed by atoms with Gasteiger partial charge in [-0.15, -0.1) is 0 Å². The number of para-hydroxylation sites is 1. The van der Waals surface area contributed by atoms with Crippen molar-refractivity contribution >= 4 is 11.7 Å². The molecule has 0 aliphatic carbocycles. The molecule has 6 heteroatoms. The lowest BCUT2D eigenvalue weighted by molar-refractivity contribution is 0.106. The van der Waals surface area contributed by atoms with E-state index < -0.39 is 6.10 Å². The van der Waals surface area contributed by atoms with Crippen LogP contribution in [0.1, 0.15) is 11.3 Å². The molecule has 132 valence electrons. The molecule has 2 heterocycles. The number of carbonyl (C=O) groups is 1. The Morgan fingerprint density at radius 1 is 1.24 bits per heavy atom. The Balaban J connectivity index is 1.65. The summed E-state index contributed by atoms with van der Waals surface area (Å²) in [6.45, 7) is 0.620. The number of likely N-dealkylation sites (N-methyl/N-ethyl adjacent to an activating group) is 1. The normalized spacial score (nSPS) is 19.6. The van der Waals surface area contributed by atoms with Gasteiger partial charge in [0.1, 0.15) is 0 Å². The quantitative estimate of drug-likeness (QED) is 0.873. The number of benzene rings is 1. The summed E-state index contributed by atoms with van der Waals surface area (Å²) < 4.78 is 5.22. The summed E-state index contributed by atoms with van der Waals surface area (Å²) >= 11 is 0. The summed E-state index contributed by atoms with van der Waals surface area (Å²) in [6.07, 6.45) is 2.73. The van der Waals surface area contributed by atoms with Crippen LogP contribution in [0.4, 0.5) is 10.5 Å². The van der Waals surface area contributed by atoms with Gasteiger partial charge in [-0.1, -0.05) is 24.3 Å². The van der Waals surface area contributed by atoms with Crippen molar-refractivity contribution in [3.8, 4) is 0 Å². The van der Waals surface area contributed by atoms with E-state index in [2.05, 4.69) is 10.3 Å². The summed E-state index contributed by atoms with van der Waals surface area (Å²) in [4.78, 5) is 18.4. The van der Waals surface area contributed by atoms with Crippen molar-refractivity contribution in [2.24, 2.45) is 0 Å². The maximum atomic E-state index is 12.5. The van der Waals surface area contributed by atoms with Gasteiger partial charge in [-0.3, -0.25) is 4.98 Å². The molecule has 2 atom stereocenters. The van der Waals surface area contributed by atoms with E-state index in [-0.39, 0.29) is 18.7 Å². The Labute approximate surface area is 147 Å². The molecule has 25 heavy (non-hydrogen) atoms. The van der Waals surface area contributed by atoms with E-state index in [9.17, 15) is 9.90 Å². The maximum Gasteiger partial charge on any atom is 0.322 e.